The largest absolute Gasteiger partial charge is 0.504 e. The lowest BCUT2D eigenvalue weighted by Gasteiger charge is -2.58. The summed E-state index contributed by atoms with van der Waals surface area (Å²) in [4.78, 5) is 14.7. The van der Waals surface area contributed by atoms with E-state index in [9.17, 15) is 9.90 Å². The van der Waals surface area contributed by atoms with E-state index in [1.54, 1.807) is 7.11 Å². The smallest absolute Gasteiger partial charge is 0.161 e. The van der Waals surface area contributed by atoms with Gasteiger partial charge < -0.3 is 14.7 Å². The molecule has 1 aromatic carbocycles. The number of carbonyl (C=O) groups is 1. The van der Waals surface area contributed by atoms with Gasteiger partial charge in [0, 0.05) is 29.9 Å². The van der Waals surface area contributed by atoms with Crippen LogP contribution in [0.25, 0.3) is 0 Å². The van der Waals surface area contributed by atoms with Crippen molar-refractivity contribution in [1.29, 1.82) is 0 Å². The van der Waals surface area contributed by atoms with Crippen molar-refractivity contribution in [3.63, 3.8) is 0 Å². The zero-order chi connectivity index (χ0) is 15.5. The van der Waals surface area contributed by atoms with Crippen LogP contribution in [-0.2, 0) is 16.6 Å². The maximum Gasteiger partial charge on any atom is 0.161 e. The van der Waals surface area contributed by atoms with Crippen LogP contribution in [0.4, 0.5) is 0 Å². The number of phenols is 1. The molecule has 1 aromatic rings. The molecule has 118 valence electrons. The van der Waals surface area contributed by atoms with Crippen LogP contribution in [0.1, 0.15) is 36.8 Å². The number of methoxy groups -OCH3 is 1. The molecule has 2 bridgehead atoms. The molecule has 0 radical (unpaired) electrons. The Morgan fingerprint density at radius 2 is 2.23 bits per heavy atom. The van der Waals surface area contributed by atoms with Crippen LogP contribution >= 0.6 is 0 Å². The molecular weight excluding hydrogens is 278 g/mol. The Balaban J connectivity index is 1.95. The molecule has 22 heavy (non-hydrogen) atoms. The van der Waals surface area contributed by atoms with E-state index in [1.807, 2.05) is 6.07 Å². The lowest BCUT2D eigenvalue weighted by molar-refractivity contribution is -0.126. The minimum atomic E-state index is -0.182. The van der Waals surface area contributed by atoms with Gasteiger partial charge in [0.2, 0.25) is 0 Å². The number of benzene rings is 1. The number of hydrogen-bond acceptors (Lipinski definition) is 4. The fourth-order valence-corrected chi connectivity index (χ4v) is 5.27. The van der Waals surface area contributed by atoms with Gasteiger partial charge in [0.15, 0.2) is 11.5 Å². The lowest BCUT2D eigenvalue weighted by Crippen LogP contribution is -2.60. The molecule has 0 amide bonds. The number of piperidine rings is 1. The normalized spacial score (nSPS) is 34.0. The number of phenolic OH excluding ortho intramolecular Hbond substituents is 1. The van der Waals surface area contributed by atoms with E-state index < -0.39 is 0 Å². The third-order valence-corrected chi connectivity index (χ3v) is 6.27. The van der Waals surface area contributed by atoms with Crippen LogP contribution in [0.5, 0.6) is 11.5 Å². The summed E-state index contributed by atoms with van der Waals surface area (Å²) in [5.74, 6) is 1.61. The molecule has 1 aliphatic heterocycles. The second-order valence-electron chi connectivity index (χ2n) is 7.17. The van der Waals surface area contributed by atoms with Gasteiger partial charge in [0.1, 0.15) is 5.78 Å². The van der Waals surface area contributed by atoms with Gasteiger partial charge in [-0.15, -0.1) is 0 Å². The second-order valence-corrected chi connectivity index (χ2v) is 7.17. The zero-order valence-corrected chi connectivity index (χ0v) is 13.3. The van der Waals surface area contributed by atoms with Gasteiger partial charge in [-0.3, -0.25) is 4.79 Å². The summed E-state index contributed by atoms with van der Waals surface area (Å²) in [6.07, 6.45) is 4.13. The first kappa shape index (κ1) is 14.1. The molecule has 4 rings (SSSR count). The predicted octanol–water partition coefficient (Wildman–Crippen LogP) is 2.27. The first-order chi connectivity index (χ1) is 10.6. The number of likely N-dealkylation sites (N-methyl/N-ethyl adjacent to an activating group) is 1. The number of ether oxygens (including phenoxy) is 1. The predicted molar refractivity (Wildman–Crippen MR) is 83.4 cm³/mol. The molecule has 0 aromatic heterocycles. The van der Waals surface area contributed by atoms with Crippen molar-refractivity contribution in [3.8, 4) is 11.5 Å². The molecule has 0 spiro atoms. The van der Waals surface area contributed by atoms with Crippen LogP contribution < -0.4 is 4.74 Å². The first-order valence-corrected chi connectivity index (χ1v) is 8.18. The fraction of sp³-hybridized carbons (Fsp3) is 0.611. The number of aromatic hydroxyl groups is 1. The minimum absolute atomic E-state index is 0.182. The molecule has 1 saturated heterocycles. The summed E-state index contributed by atoms with van der Waals surface area (Å²) in [5.41, 5.74) is 2.02. The number of carbonyl (C=O) groups excluding carboxylic acids is 1. The van der Waals surface area contributed by atoms with Gasteiger partial charge in [0.25, 0.3) is 0 Å². The highest BCUT2D eigenvalue weighted by atomic mass is 16.5. The van der Waals surface area contributed by atoms with Crippen LogP contribution in [0.15, 0.2) is 12.1 Å². The summed E-state index contributed by atoms with van der Waals surface area (Å²) < 4.78 is 5.33. The van der Waals surface area contributed by atoms with E-state index in [-0.39, 0.29) is 11.2 Å². The number of Topliss-reactive ketones (excluding diaryl/α,β-unsaturated/α-hetero) is 1. The van der Waals surface area contributed by atoms with E-state index in [0.29, 0.717) is 36.3 Å². The van der Waals surface area contributed by atoms with E-state index in [2.05, 4.69) is 18.0 Å². The number of fused-ring (bicyclic) bond motifs is 1. The highest BCUT2D eigenvalue weighted by Gasteiger charge is 2.56. The molecule has 1 saturated carbocycles. The molecule has 3 atom stereocenters. The van der Waals surface area contributed by atoms with Gasteiger partial charge in [-0.05, 0) is 50.4 Å². The SMILES string of the molecule is COc1ccc2c(c1O)[C@]13CCN(C)[C@@H](C2)[C@@H]1CCC(=O)C3. The monoisotopic (exact) mass is 301 g/mol. The third kappa shape index (κ3) is 1.70. The molecular formula is C18H23NO3. The second kappa shape index (κ2) is 4.72. The van der Waals surface area contributed by atoms with Crippen molar-refractivity contribution in [2.24, 2.45) is 5.92 Å². The Morgan fingerprint density at radius 3 is 3.00 bits per heavy atom. The summed E-state index contributed by atoms with van der Waals surface area (Å²) in [6, 6.07) is 4.42. The standard InChI is InChI=1S/C18H23NO3/c1-19-8-7-18-10-12(20)4-5-13(18)14(19)9-11-3-6-15(22-2)17(21)16(11)18/h3,6,13-14,21H,4-5,7-10H2,1-2H3/t13-,14-,18-/m0/s1. The average molecular weight is 301 g/mol. The molecule has 2 aliphatic carbocycles. The maximum absolute atomic E-state index is 12.2. The average Bonchev–Trinajstić information content (AvgIpc) is 2.50. The van der Waals surface area contributed by atoms with Crippen molar-refractivity contribution >= 4 is 5.78 Å². The first-order valence-electron chi connectivity index (χ1n) is 8.18. The number of rotatable bonds is 1. The topological polar surface area (TPSA) is 49.8 Å². The van der Waals surface area contributed by atoms with E-state index in [4.69, 9.17) is 4.74 Å². The van der Waals surface area contributed by atoms with E-state index in [1.165, 1.54) is 5.56 Å². The summed E-state index contributed by atoms with van der Waals surface area (Å²) in [5, 5.41) is 10.8. The van der Waals surface area contributed by atoms with Crippen LogP contribution in [0, 0.1) is 5.92 Å². The van der Waals surface area contributed by atoms with Gasteiger partial charge >= 0.3 is 0 Å². The van der Waals surface area contributed by atoms with Crippen molar-refractivity contribution in [3.05, 3.63) is 23.3 Å². The molecule has 1 heterocycles. The Bertz CT molecular complexity index is 641. The molecule has 4 heteroatoms. The third-order valence-electron chi connectivity index (χ3n) is 6.27. The fourth-order valence-electron chi connectivity index (χ4n) is 5.27. The van der Waals surface area contributed by atoms with Crippen LogP contribution in [0.3, 0.4) is 0 Å². The summed E-state index contributed by atoms with van der Waals surface area (Å²) in [6.45, 7) is 0.991. The Kier molecular flexibility index (Phi) is 3.02. The number of hydrogen-bond donors (Lipinski definition) is 1. The Labute approximate surface area is 131 Å². The summed E-state index contributed by atoms with van der Waals surface area (Å²) in [7, 11) is 3.78. The lowest BCUT2D eigenvalue weighted by atomic mass is 9.52. The van der Waals surface area contributed by atoms with Gasteiger partial charge in [-0.25, -0.2) is 0 Å². The van der Waals surface area contributed by atoms with Gasteiger partial charge in [-0.1, -0.05) is 6.07 Å². The minimum Gasteiger partial charge on any atom is -0.504 e. The van der Waals surface area contributed by atoms with Crippen LogP contribution in [0.2, 0.25) is 0 Å². The Morgan fingerprint density at radius 1 is 1.41 bits per heavy atom. The van der Waals surface area contributed by atoms with E-state index in [0.717, 1.165) is 31.4 Å². The quantitative estimate of drug-likeness (QED) is 0.864. The maximum atomic E-state index is 12.2. The molecule has 0 unspecified atom stereocenters. The molecule has 3 aliphatic rings. The van der Waals surface area contributed by atoms with Crippen molar-refractivity contribution in [2.45, 2.75) is 43.6 Å². The zero-order valence-electron chi connectivity index (χ0n) is 13.3. The summed E-state index contributed by atoms with van der Waals surface area (Å²) >= 11 is 0. The van der Waals surface area contributed by atoms with Crippen molar-refractivity contribution in [2.75, 3.05) is 20.7 Å². The van der Waals surface area contributed by atoms with Gasteiger partial charge in [-0.2, -0.15) is 0 Å². The highest BCUT2D eigenvalue weighted by molar-refractivity contribution is 5.82. The highest BCUT2D eigenvalue weighted by Crippen LogP contribution is 2.58. The van der Waals surface area contributed by atoms with Crippen LogP contribution in [-0.4, -0.2) is 42.5 Å². The number of nitrogens with zero attached hydrogens (tertiary/aromatic N) is 1. The molecule has 4 nitrogen and oxygen atoms in total. The van der Waals surface area contributed by atoms with Gasteiger partial charge in [0.05, 0.1) is 7.11 Å². The van der Waals surface area contributed by atoms with E-state index >= 15 is 0 Å². The number of ketones is 1. The van der Waals surface area contributed by atoms with Crippen molar-refractivity contribution in [1.82, 2.24) is 4.90 Å². The van der Waals surface area contributed by atoms with Crippen molar-refractivity contribution < 1.29 is 14.6 Å². The number of likely N-dealkylation sites (tertiary alicyclic amines) is 1. The molecule has 1 N–H and O–H groups in total. The Hall–Kier alpha value is -1.55. The molecule has 2 fully saturated rings.